The standard InChI is InChI=1S/C23H36N4O/c1-2-24-23(27-15-12-19(18-27)17-26-13-5-6-14-26)25-16-20-8-3-4-11-22(20)28-21-9-7-10-21/h3-4,8,11,19,21H,2,5-7,9-10,12-18H2,1H3,(H,24,25). The van der Waals surface area contributed by atoms with Crippen LogP contribution in [0.25, 0.3) is 0 Å². The van der Waals surface area contributed by atoms with Gasteiger partial charge in [-0.3, -0.25) is 0 Å². The molecule has 2 saturated heterocycles. The number of nitrogens with one attached hydrogen (secondary N) is 1. The molecule has 1 saturated carbocycles. The second-order valence-electron chi connectivity index (χ2n) is 8.56. The van der Waals surface area contributed by atoms with Gasteiger partial charge in [0.1, 0.15) is 5.75 Å². The van der Waals surface area contributed by atoms with Crippen molar-refractivity contribution in [1.29, 1.82) is 0 Å². The molecule has 2 heterocycles. The van der Waals surface area contributed by atoms with Gasteiger partial charge in [-0.1, -0.05) is 18.2 Å². The molecular formula is C23H36N4O. The van der Waals surface area contributed by atoms with Crippen LogP contribution in [0, 0.1) is 5.92 Å². The lowest BCUT2D eigenvalue weighted by molar-refractivity contribution is 0.119. The Labute approximate surface area is 170 Å². The predicted octanol–water partition coefficient (Wildman–Crippen LogP) is 3.50. The molecule has 1 unspecified atom stereocenters. The van der Waals surface area contributed by atoms with Crippen LogP contribution in [0.1, 0.15) is 51.0 Å². The molecule has 0 spiro atoms. The summed E-state index contributed by atoms with van der Waals surface area (Å²) < 4.78 is 6.18. The van der Waals surface area contributed by atoms with Gasteiger partial charge in [0.15, 0.2) is 5.96 Å². The second kappa shape index (κ2) is 9.64. The molecule has 1 atom stereocenters. The Balaban J connectivity index is 1.37. The zero-order valence-corrected chi connectivity index (χ0v) is 17.4. The van der Waals surface area contributed by atoms with Crippen molar-refractivity contribution in [2.24, 2.45) is 10.9 Å². The average molecular weight is 385 g/mol. The maximum Gasteiger partial charge on any atom is 0.194 e. The van der Waals surface area contributed by atoms with Crippen molar-refractivity contribution in [3.05, 3.63) is 29.8 Å². The van der Waals surface area contributed by atoms with E-state index < -0.39 is 0 Å². The van der Waals surface area contributed by atoms with Crippen molar-refractivity contribution in [3.8, 4) is 5.75 Å². The van der Waals surface area contributed by atoms with Crippen molar-refractivity contribution < 1.29 is 4.74 Å². The Morgan fingerprint density at radius 1 is 1.11 bits per heavy atom. The maximum absolute atomic E-state index is 6.18. The van der Waals surface area contributed by atoms with Gasteiger partial charge in [-0.05, 0) is 70.5 Å². The molecule has 5 heteroatoms. The van der Waals surface area contributed by atoms with Gasteiger partial charge in [-0.15, -0.1) is 0 Å². The molecule has 1 aromatic rings. The highest BCUT2D eigenvalue weighted by molar-refractivity contribution is 5.80. The first kappa shape index (κ1) is 19.6. The summed E-state index contributed by atoms with van der Waals surface area (Å²) in [4.78, 5) is 10.1. The van der Waals surface area contributed by atoms with Gasteiger partial charge in [0.05, 0.1) is 12.6 Å². The molecule has 3 aliphatic rings. The van der Waals surface area contributed by atoms with E-state index in [4.69, 9.17) is 9.73 Å². The van der Waals surface area contributed by atoms with Gasteiger partial charge in [0.25, 0.3) is 0 Å². The first-order valence-electron chi connectivity index (χ1n) is 11.3. The highest BCUT2D eigenvalue weighted by Crippen LogP contribution is 2.28. The molecule has 4 rings (SSSR count). The number of hydrogen-bond acceptors (Lipinski definition) is 3. The highest BCUT2D eigenvalue weighted by atomic mass is 16.5. The minimum atomic E-state index is 0.406. The fourth-order valence-corrected chi connectivity index (χ4v) is 4.51. The van der Waals surface area contributed by atoms with E-state index >= 15 is 0 Å². The molecular weight excluding hydrogens is 348 g/mol. The van der Waals surface area contributed by atoms with Gasteiger partial charge in [-0.25, -0.2) is 4.99 Å². The highest BCUT2D eigenvalue weighted by Gasteiger charge is 2.27. The van der Waals surface area contributed by atoms with Gasteiger partial charge in [-0.2, -0.15) is 0 Å². The minimum absolute atomic E-state index is 0.406. The lowest BCUT2D eigenvalue weighted by Crippen LogP contribution is -2.40. The number of nitrogens with zero attached hydrogens (tertiary/aromatic N) is 3. The molecule has 0 bridgehead atoms. The Morgan fingerprint density at radius 2 is 1.93 bits per heavy atom. The zero-order chi connectivity index (χ0) is 19.2. The molecule has 0 radical (unpaired) electrons. The van der Waals surface area contributed by atoms with E-state index in [1.165, 1.54) is 63.7 Å². The topological polar surface area (TPSA) is 40.1 Å². The minimum Gasteiger partial charge on any atom is -0.490 e. The molecule has 1 N–H and O–H groups in total. The number of aliphatic imine (C=N–C) groups is 1. The molecule has 28 heavy (non-hydrogen) atoms. The van der Waals surface area contributed by atoms with Crippen LogP contribution >= 0.6 is 0 Å². The van der Waals surface area contributed by atoms with Gasteiger partial charge >= 0.3 is 0 Å². The molecule has 1 aromatic carbocycles. The molecule has 0 amide bonds. The normalized spacial score (nSPS) is 23.8. The van der Waals surface area contributed by atoms with Crippen molar-refractivity contribution in [2.75, 3.05) is 39.3 Å². The van der Waals surface area contributed by atoms with Crippen molar-refractivity contribution in [1.82, 2.24) is 15.1 Å². The molecule has 2 aliphatic heterocycles. The van der Waals surface area contributed by atoms with E-state index in [0.717, 1.165) is 37.3 Å². The van der Waals surface area contributed by atoms with E-state index in [1.54, 1.807) is 0 Å². The van der Waals surface area contributed by atoms with Crippen LogP contribution in [0.5, 0.6) is 5.75 Å². The molecule has 1 aliphatic carbocycles. The monoisotopic (exact) mass is 384 g/mol. The van der Waals surface area contributed by atoms with Crippen molar-refractivity contribution in [3.63, 3.8) is 0 Å². The maximum atomic E-state index is 6.18. The first-order valence-corrected chi connectivity index (χ1v) is 11.3. The van der Waals surface area contributed by atoms with Crippen LogP contribution < -0.4 is 10.1 Å². The zero-order valence-electron chi connectivity index (χ0n) is 17.4. The summed E-state index contributed by atoms with van der Waals surface area (Å²) in [7, 11) is 0. The van der Waals surface area contributed by atoms with Crippen LogP contribution in [0.2, 0.25) is 0 Å². The summed E-state index contributed by atoms with van der Waals surface area (Å²) in [5.41, 5.74) is 1.19. The largest absolute Gasteiger partial charge is 0.490 e. The molecule has 3 fully saturated rings. The van der Waals surface area contributed by atoms with Crippen molar-refractivity contribution in [2.45, 2.75) is 58.1 Å². The molecule has 154 valence electrons. The van der Waals surface area contributed by atoms with Crippen LogP contribution in [0.15, 0.2) is 29.3 Å². The summed E-state index contributed by atoms with van der Waals surface area (Å²) in [6.45, 7) is 9.83. The van der Waals surface area contributed by atoms with Crippen LogP contribution in [-0.2, 0) is 6.54 Å². The first-order chi connectivity index (χ1) is 13.8. The Morgan fingerprint density at radius 3 is 2.68 bits per heavy atom. The summed E-state index contributed by atoms with van der Waals surface area (Å²) in [6, 6.07) is 8.41. The number of para-hydroxylation sites is 1. The van der Waals surface area contributed by atoms with E-state index in [1.807, 2.05) is 0 Å². The Bertz CT molecular complexity index is 652. The quantitative estimate of drug-likeness (QED) is 0.577. The van der Waals surface area contributed by atoms with Gasteiger partial charge in [0, 0.05) is 31.7 Å². The predicted molar refractivity (Wildman–Crippen MR) is 115 cm³/mol. The second-order valence-corrected chi connectivity index (χ2v) is 8.56. The Hall–Kier alpha value is -1.75. The fraction of sp³-hybridized carbons (Fsp3) is 0.696. The van der Waals surface area contributed by atoms with Crippen LogP contribution in [-0.4, -0.2) is 61.1 Å². The number of rotatable bonds is 7. The van der Waals surface area contributed by atoms with Crippen LogP contribution in [0.3, 0.4) is 0 Å². The van der Waals surface area contributed by atoms with Gasteiger partial charge < -0.3 is 19.9 Å². The Kier molecular flexibility index (Phi) is 6.73. The summed E-state index contributed by atoms with van der Waals surface area (Å²) in [6.07, 6.45) is 8.11. The third-order valence-electron chi connectivity index (χ3n) is 6.35. The number of likely N-dealkylation sites (tertiary alicyclic amines) is 2. The molecule has 0 aromatic heterocycles. The van der Waals surface area contributed by atoms with Crippen LogP contribution in [0.4, 0.5) is 0 Å². The molecule has 5 nitrogen and oxygen atoms in total. The van der Waals surface area contributed by atoms with E-state index in [0.29, 0.717) is 12.6 Å². The smallest absolute Gasteiger partial charge is 0.194 e. The van der Waals surface area contributed by atoms with E-state index in [2.05, 4.69) is 46.3 Å². The van der Waals surface area contributed by atoms with Gasteiger partial charge in [0.2, 0.25) is 0 Å². The van der Waals surface area contributed by atoms with Crippen molar-refractivity contribution >= 4 is 5.96 Å². The SMILES string of the molecule is CCNC(=NCc1ccccc1OC1CCC1)N1CCC(CN2CCCC2)C1. The number of benzene rings is 1. The third kappa shape index (κ3) is 4.99. The lowest BCUT2D eigenvalue weighted by atomic mass is 9.96. The summed E-state index contributed by atoms with van der Waals surface area (Å²) in [5.74, 6) is 2.85. The number of guanidine groups is 1. The van der Waals surface area contributed by atoms with E-state index in [-0.39, 0.29) is 0 Å². The lowest BCUT2D eigenvalue weighted by Gasteiger charge is -2.27. The number of hydrogen-bond donors (Lipinski definition) is 1. The fourth-order valence-electron chi connectivity index (χ4n) is 4.51. The summed E-state index contributed by atoms with van der Waals surface area (Å²) in [5, 5.41) is 3.51. The number of ether oxygens (including phenoxy) is 1. The van der Waals surface area contributed by atoms with E-state index in [9.17, 15) is 0 Å². The average Bonchev–Trinajstić information content (AvgIpc) is 3.35. The third-order valence-corrected chi connectivity index (χ3v) is 6.35. The summed E-state index contributed by atoms with van der Waals surface area (Å²) >= 11 is 0.